The number of nitrogens with two attached hydrogens (primary N) is 1. The first-order valence-corrected chi connectivity index (χ1v) is 4.27. The van der Waals surface area contributed by atoms with Gasteiger partial charge in [-0.3, -0.25) is 0 Å². The molecule has 0 fully saturated rings. The summed E-state index contributed by atoms with van der Waals surface area (Å²) in [5.41, 5.74) is 7.53. The third kappa shape index (κ3) is 2.67. The lowest BCUT2D eigenvalue weighted by atomic mass is 10.0. The van der Waals surface area contributed by atoms with Crippen molar-refractivity contribution < 1.29 is 4.39 Å². The van der Waals surface area contributed by atoms with Crippen LogP contribution in [-0.4, -0.2) is 0 Å². The second kappa shape index (κ2) is 4.19. The van der Waals surface area contributed by atoms with E-state index >= 15 is 0 Å². The standard InChI is InChI=1S/C11H14FN/c1-3-4-11(13)9-5-8(2)6-10(12)7-9/h3,5-7,11H,1,4,13H2,2H3/t11-/m1/s1. The van der Waals surface area contributed by atoms with E-state index in [4.69, 9.17) is 5.73 Å². The first-order valence-electron chi connectivity index (χ1n) is 4.27. The van der Waals surface area contributed by atoms with Crippen molar-refractivity contribution in [1.82, 2.24) is 0 Å². The van der Waals surface area contributed by atoms with Crippen LogP contribution in [0, 0.1) is 12.7 Å². The Labute approximate surface area is 78.1 Å². The van der Waals surface area contributed by atoms with Crippen molar-refractivity contribution in [2.24, 2.45) is 5.73 Å². The van der Waals surface area contributed by atoms with Crippen molar-refractivity contribution in [2.45, 2.75) is 19.4 Å². The van der Waals surface area contributed by atoms with Crippen molar-refractivity contribution in [3.63, 3.8) is 0 Å². The molecule has 1 aromatic rings. The highest BCUT2D eigenvalue weighted by Gasteiger charge is 2.05. The molecular formula is C11H14FN. The van der Waals surface area contributed by atoms with E-state index in [1.165, 1.54) is 12.1 Å². The zero-order valence-electron chi connectivity index (χ0n) is 7.76. The highest BCUT2D eigenvalue weighted by Crippen LogP contribution is 2.17. The van der Waals surface area contributed by atoms with Gasteiger partial charge in [0.2, 0.25) is 0 Å². The topological polar surface area (TPSA) is 26.0 Å². The molecule has 1 aromatic carbocycles. The van der Waals surface area contributed by atoms with E-state index in [2.05, 4.69) is 6.58 Å². The second-order valence-corrected chi connectivity index (χ2v) is 3.19. The van der Waals surface area contributed by atoms with E-state index in [0.717, 1.165) is 11.1 Å². The first-order chi connectivity index (χ1) is 6.13. The molecule has 1 rings (SSSR count). The molecular weight excluding hydrogens is 165 g/mol. The van der Waals surface area contributed by atoms with Gasteiger partial charge in [-0.15, -0.1) is 6.58 Å². The van der Waals surface area contributed by atoms with Gasteiger partial charge in [0.15, 0.2) is 0 Å². The van der Waals surface area contributed by atoms with Crippen LogP contribution in [0.25, 0.3) is 0 Å². The maximum Gasteiger partial charge on any atom is 0.123 e. The lowest BCUT2D eigenvalue weighted by molar-refractivity contribution is 0.618. The predicted octanol–water partition coefficient (Wildman–Crippen LogP) is 2.71. The van der Waals surface area contributed by atoms with Crippen molar-refractivity contribution in [3.8, 4) is 0 Å². The summed E-state index contributed by atoms with van der Waals surface area (Å²) in [6.45, 7) is 5.45. The van der Waals surface area contributed by atoms with Crippen molar-refractivity contribution >= 4 is 0 Å². The molecule has 1 atom stereocenters. The Morgan fingerprint density at radius 3 is 2.77 bits per heavy atom. The summed E-state index contributed by atoms with van der Waals surface area (Å²) in [7, 11) is 0. The fraction of sp³-hybridized carbons (Fsp3) is 0.273. The van der Waals surface area contributed by atoms with Gasteiger partial charge in [-0.05, 0) is 36.6 Å². The maximum atomic E-state index is 12.9. The smallest absolute Gasteiger partial charge is 0.123 e. The lowest BCUT2D eigenvalue weighted by Gasteiger charge is -2.10. The van der Waals surface area contributed by atoms with Crippen molar-refractivity contribution in [3.05, 3.63) is 47.8 Å². The minimum atomic E-state index is -0.227. The SMILES string of the molecule is C=CC[C@@H](N)c1cc(C)cc(F)c1. The largest absolute Gasteiger partial charge is 0.324 e. The normalized spacial score (nSPS) is 12.5. The fourth-order valence-corrected chi connectivity index (χ4v) is 1.29. The molecule has 0 aliphatic carbocycles. The highest BCUT2D eigenvalue weighted by atomic mass is 19.1. The predicted molar refractivity (Wildman–Crippen MR) is 52.9 cm³/mol. The highest BCUT2D eigenvalue weighted by molar-refractivity contribution is 5.26. The molecule has 1 nitrogen and oxygen atoms in total. The summed E-state index contributed by atoms with van der Waals surface area (Å²) in [6, 6.07) is 4.72. The molecule has 0 aliphatic heterocycles. The van der Waals surface area contributed by atoms with E-state index in [1.54, 1.807) is 6.08 Å². The Morgan fingerprint density at radius 1 is 1.54 bits per heavy atom. The molecule has 2 N–H and O–H groups in total. The number of benzene rings is 1. The quantitative estimate of drug-likeness (QED) is 0.709. The number of hydrogen-bond acceptors (Lipinski definition) is 1. The van der Waals surface area contributed by atoms with E-state index < -0.39 is 0 Å². The van der Waals surface area contributed by atoms with Gasteiger partial charge >= 0.3 is 0 Å². The average molecular weight is 179 g/mol. The van der Waals surface area contributed by atoms with E-state index in [9.17, 15) is 4.39 Å². The monoisotopic (exact) mass is 179 g/mol. The Balaban J connectivity index is 2.93. The molecule has 0 radical (unpaired) electrons. The van der Waals surface area contributed by atoms with Gasteiger partial charge in [0.05, 0.1) is 0 Å². The summed E-state index contributed by atoms with van der Waals surface area (Å²) < 4.78 is 12.9. The second-order valence-electron chi connectivity index (χ2n) is 3.19. The van der Waals surface area contributed by atoms with Crippen LogP contribution in [0.5, 0.6) is 0 Å². The summed E-state index contributed by atoms with van der Waals surface area (Å²) in [6.07, 6.45) is 2.41. The number of rotatable bonds is 3. The Bertz CT molecular complexity index is 287. The third-order valence-electron chi connectivity index (χ3n) is 1.91. The van der Waals surface area contributed by atoms with Crippen LogP contribution >= 0.6 is 0 Å². The number of hydrogen-bond donors (Lipinski definition) is 1. The van der Waals surface area contributed by atoms with Gasteiger partial charge in [0.1, 0.15) is 5.82 Å². The van der Waals surface area contributed by atoms with Gasteiger partial charge in [0, 0.05) is 6.04 Å². The molecule has 0 bridgehead atoms. The Morgan fingerprint density at radius 2 is 2.23 bits per heavy atom. The van der Waals surface area contributed by atoms with Gasteiger partial charge < -0.3 is 5.73 Å². The van der Waals surface area contributed by atoms with E-state index in [1.807, 2.05) is 13.0 Å². The molecule has 0 spiro atoms. The molecule has 0 aromatic heterocycles. The maximum absolute atomic E-state index is 12.9. The van der Waals surface area contributed by atoms with E-state index in [0.29, 0.717) is 6.42 Å². The molecule has 70 valence electrons. The van der Waals surface area contributed by atoms with Gasteiger partial charge in [-0.1, -0.05) is 12.1 Å². The zero-order chi connectivity index (χ0) is 9.84. The molecule has 0 aliphatic rings. The summed E-state index contributed by atoms with van der Waals surface area (Å²) >= 11 is 0. The molecule has 0 unspecified atom stereocenters. The molecule has 0 saturated carbocycles. The average Bonchev–Trinajstić information content (AvgIpc) is 2.03. The molecule has 2 heteroatoms. The van der Waals surface area contributed by atoms with Crippen LogP contribution in [0.1, 0.15) is 23.6 Å². The fourth-order valence-electron chi connectivity index (χ4n) is 1.29. The van der Waals surface area contributed by atoms with Crippen molar-refractivity contribution in [2.75, 3.05) is 0 Å². The van der Waals surface area contributed by atoms with Gasteiger partial charge in [-0.2, -0.15) is 0 Å². The Hall–Kier alpha value is -1.15. The minimum absolute atomic E-state index is 0.146. The van der Waals surface area contributed by atoms with Crippen LogP contribution in [0.15, 0.2) is 30.9 Å². The molecule has 0 heterocycles. The van der Waals surface area contributed by atoms with Crippen molar-refractivity contribution in [1.29, 1.82) is 0 Å². The van der Waals surface area contributed by atoms with E-state index in [-0.39, 0.29) is 11.9 Å². The van der Waals surface area contributed by atoms with Crippen LogP contribution in [-0.2, 0) is 0 Å². The minimum Gasteiger partial charge on any atom is -0.324 e. The van der Waals surface area contributed by atoms with Gasteiger partial charge in [-0.25, -0.2) is 4.39 Å². The van der Waals surface area contributed by atoms with Gasteiger partial charge in [0.25, 0.3) is 0 Å². The zero-order valence-corrected chi connectivity index (χ0v) is 7.76. The van der Waals surface area contributed by atoms with Crippen LogP contribution in [0.2, 0.25) is 0 Å². The molecule has 13 heavy (non-hydrogen) atoms. The summed E-state index contributed by atoms with van der Waals surface area (Å²) in [5.74, 6) is -0.227. The third-order valence-corrected chi connectivity index (χ3v) is 1.91. The summed E-state index contributed by atoms with van der Waals surface area (Å²) in [5, 5.41) is 0. The number of aryl methyl sites for hydroxylation is 1. The van der Waals surface area contributed by atoms with Crippen LogP contribution in [0.3, 0.4) is 0 Å². The van der Waals surface area contributed by atoms with Crippen LogP contribution < -0.4 is 5.73 Å². The number of halogens is 1. The first kappa shape index (κ1) is 9.93. The Kier molecular flexibility index (Phi) is 3.20. The molecule has 0 saturated heterocycles. The lowest BCUT2D eigenvalue weighted by Crippen LogP contribution is -2.09. The van der Waals surface area contributed by atoms with Crippen LogP contribution in [0.4, 0.5) is 4.39 Å². The summed E-state index contributed by atoms with van der Waals surface area (Å²) in [4.78, 5) is 0. The molecule has 0 amide bonds.